The highest BCUT2D eigenvalue weighted by atomic mass is 16.5. The van der Waals surface area contributed by atoms with E-state index in [0.29, 0.717) is 17.1 Å². The van der Waals surface area contributed by atoms with E-state index in [9.17, 15) is 9.59 Å². The van der Waals surface area contributed by atoms with Gasteiger partial charge in [0.25, 0.3) is 5.91 Å². The maximum absolute atomic E-state index is 12.6. The third-order valence-electron chi connectivity index (χ3n) is 3.88. The normalized spacial score (nSPS) is 17.5. The average molecular weight is 310 g/mol. The Hall–Kier alpha value is -2.82. The minimum atomic E-state index is -0.583. The van der Waals surface area contributed by atoms with Crippen LogP contribution in [0, 0.1) is 6.92 Å². The zero-order chi connectivity index (χ0) is 16.4. The number of carbonyl (C=O) groups excluding carboxylic acids is 2. The predicted octanol–water partition coefficient (Wildman–Crippen LogP) is 2.75. The Kier molecular flexibility index (Phi) is 4.02. The second-order valence-corrected chi connectivity index (χ2v) is 5.50. The number of carbonyl (C=O) groups is 2. The summed E-state index contributed by atoms with van der Waals surface area (Å²) >= 11 is 0. The summed E-state index contributed by atoms with van der Waals surface area (Å²) < 4.78 is 5.27. The summed E-state index contributed by atoms with van der Waals surface area (Å²) in [4.78, 5) is 26.1. The lowest BCUT2D eigenvalue weighted by molar-refractivity contribution is -0.121. The van der Waals surface area contributed by atoms with Gasteiger partial charge in [-0.3, -0.25) is 9.59 Å². The first-order chi connectivity index (χ1) is 11.1. The number of anilines is 2. The topological polar surface area (TPSA) is 58.6 Å². The molecule has 0 bridgehead atoms. The quantitative estimate of drug-likeness (QED) is 0.882. The Morgan fingerprint density at radius 1 is 1.09 bits per heavy atom. The first kappa shape index (κ1) is 15.1. The Morgan fingerprint density at radius 3 is 2.48 bits per heavy atom. The van der Waals surface area contributed by atoms with Crippen LogP contribution in [0.15, 0.2) is 48.5 Å². The van der Waals surface area contributed by atoms with Crippen molar-refractivity contribution in [3.63, 3.8) is 0 Å². The molecule has 1 fully saturated rings. The molecular weight excluding hydrogens is 292 g/mol. The molecule has 5 nitrogen and oxygen atoms in total. The second-order valence-electron chi connectivity index (χ2n) is 5.50. The van der Waals surface area contributed by atoms with Gasteiger partial charge in [0, 0.05) is 0 Å². The molecule has 23 heavy (non-hydrogen) atoms. The molecule has 2 amide bonds. The Balaban J connectivity index is 1.82. The molecular formula is C18H18N2O3. The summed E-state index contributed by atoms with van der Waals surface area (Å²) in [5.74, 6) is 0.192. The highest BCUT2D eigenvalue weighted by molar-refractivity contribution is 6.23. The summed E-state index contributed by atoms with van der Waals surface area (Å²) in [7, 11) is 1.57. The molecule has 3 rings (SSSR count). The molecule has 1 heterocycles. The number of nitrogens with zero attached hydrogens (tertiary/aromatic N) is 1. The molecule has 0 unspecified atom stereocenters. The van der Waals surface area contributed by atoms with Crippen molar-refractivity contribution in [1.29, 1.82) is 0 Å². The van der Waals surface area contributed by atoms with Gasteiger partial charge in [-0.1, -0.05) is 29.8 Å². The first-order valence-corrected chi connectivity index (χ1v) is 7.43. The lowest BCUT2D eigenvalue weighted by atomic mass is 10.2. The fourth-order valence-corrected chi connectivity index (χ4v) is 2.66. The number of hydrogen-bond acceptors (Lipinski definition) is 4. The van der Waals surface area contributed by atoms with Gasteiger partial charge >= 0.3 is 0 Å². The average Bonchev–Trinajstić information content (AvgIpc) is 2.83. The molecule has 1 aliphatic rings. The Bertz CT molecular complexity index is 740. The van der Waals surface area contributed by atoms with E-state index in [2.05, 4.69) is 5.32 Å². The summed E-state index contributed by atoms with van der Waals surface area (Å²) in [5, 5.41) is 3.11. The standard InChI is InChI=1S/C18H18N2O3/c1-12-7-9-13(10-8-12)20-17(21)11-15(18(20)22)19-14-5-3-4-6-16(14)23-2/h3-10,15,19H,11H2,1-2H3/t15-/m1/s1. The lowest BCUT2D eigenvalue weighted by Gasteiger charge is -2.17. The third kappa shape index (κ3) is 2.90. The van der Waals surface area contributed by atoms with Gasteiger partial charge in [0.15, 0.2) is 0 Å². The fraction of sp³-hybridized carbons (Fsp3) is 0.222. The van der Waals surface area contributed by atoms with Crippen molar-refractivity contribution in [2.75, 3.05) is 17.3 Å². The van der Waals surface area contributed by atoms with Crippen LogP contribution in [0.4, 0.5) is 11.4 Å². The summed E-state index contributed by atoms with van der Waals surface area (Å²) in [6.45, 7) is 1.96. The van der Waals surface area contributed by atoms with Crippen LogP contribution in [0.2, 0.25) is 0 Å². The van der Waals surface area contributed by atoms with Crippen LogP contribution in [-0.4, -0.2) is 25.0 Å². The molecule has 2 aromatic carbocycles. The van der Waals surface area contributed by atoms with Gasteiger partial charge in [0.1, 0.15) is 11.8 Å². The van der Waals surface area contributed by atoms with Gasteiger partial charge in [0.2, 0.25) is 5.91 Å². The molecule has 1 N–H and O–H groups in total. The molecule has 0 spiro atoms. The van der Waals surface area contributed by atoms with Crippen LogP contribution in [0.3, 0.4) is 0 Å². The van der Waals surface area contributed by atoms with Crippen LogP contribution in [0.1, 0.15) is 12.0 Å². The van der Waals surface area contributed by atoms with Crippen molar-refractivity contribution in [1.82, 2.24) is 0 Å². The molecule has 1 saturated heterocycles. The van der Waals surface area contributed by atoms with E-state index in [0.717, 1.165) is 5.56 Å². The van der Waals surface area contributed by atoms with Crippen LogP contribution < -0.4 is 15.0 Å². The lowest BCUT2D eigenvalue weighted by Crippen LogP contribution is -2.34. The largest absolute Gasteiger partial charge is 0.495 e. The highest BCUT2D eigenvalue weighted by Crippen LogP contribution is 2.29. The Labute approximate surface area is 134 Å². The van der Waals surface area contributed by atoms with Crippen LogP contribution in [-0.2, 0) is 9.59 Å². The van der Waals surface area contributed by atoms with E-state index in [1.54, 1.807) is 25.3 Å². The monoisotopic (exact) mass is 310 g/mol. The number of imide groups is 1. The predicted molar refractivity (Wildman–Crippen MR) is 88.7 cm³/mol. The van der Waals surface area contributed by atoms with E-state index in [4.69, 9.17) is 4.74 Å². The van der Waals surface area contributed by atoms with Gasteiger partial charge in [-0.2, -0.15) is 0 Å². The zero-order valence-electron chi connectivity index (χ0n) is 13.1. The van der Waals surface area contributed by atoms with Gasteiger partial charge in [-0.05, 0) is 31.2 Å². The number of para-hydroxylation sites is 2. The van der Waals surface area contributed by atoms with Crippen molar-refractivity contribution in [2.24, 2.45) is 0 Å². The number of hydrogen-bond donors (Lipinski definition) is 1. The van der Waals surface area contributed by atoms with Gasteiger partial charge in [0.05, 0.1) is 24.9 Å². The summed E-state index contributed by atoms with van der Waals surface area (Å²) in [6.07, 6.45) is 0.130. The SMILES string of the molecule is COc1ccccc1N[C@@H]1CC(=O)N(c2ccc(C)cc2)C1=O. The molecule has 5 heteroatoms. The fourth-order valence-electron chi connectivity index (χ4n) is 2.66. The van der Waals surface area contributed by atoms with Gasteiger partial charge in [-0.25, -0.2) is 4.90 Å². The maximum atomic E-state index is 12.6. The summed E-state index contributed by atoms with van der Waals surface area (Å²) in [6, 6.07) is 14.1. The minimum absolute atomic E-state index is 0.130. The van der Waals surface area contributed by atoms with Crippen LogP contribution in [0.5, 0.6) is 5.75 Å². The van der Waals surface area contributed by atoms with E-state index >= 15 is 0 Å². The second kappa shape index (κ2) is 6.12. The third-order valence-corrected chi connectivity index (χ3v) is 3.88. The van der Waals surface area contributed by atoms with E-state index in [1.807, 2.05) is 37.3 Å². The van der Waals surface area contributed by atoms with E-state index < -0.39 is 6.04 Å². The number of methoxy groups -OCH3 is 1. The highest BCUT2D eigenvalue weighted by Gasteiger charge is 2.39. The van der Waals surface area contributed by atoms with Crippen molar-refractivity contribution in [3.05, 3.63) is 54.1 Å². The number of amides is 2. The number of benzene rings is 2. The van der Waals surface area contributed by atoms with E-state index in [-0.39, 0.29) is 18.2 Å². The molecule has 0 aromatic heterocycles. The number of aryl methyl sites for hydroxylation is 1. The van der Waals surface area contributed by atoms with Gasteiger partial charge < -0.3 is 10.1 Å². The van der Waals surface area contributed by atoms with Crippen molar-refractivity contribution >= 4 is 23.2 Å². The number of ether oxygens (including phenoxy) is 1. The van der Waals surface area contributed by atoms with Gasteiger partial charge in [-0.15, -0.1) is 0 Å². The molecule has 0 radical (unpaired) electrons. The van der Waals surface area contributed by atoms with Crippen molar-refractivity contribution < 1.29 is 14.3 Å². The first-order valence-electron chi connectivity index (χ1n) is 7.43. The molecule has 0 aliphatic carbocycles. The van der Waals surface area contributed by atoms with Crippen LogP contribution in [0.25, 0.3) is 0 Å². The van der Waals surface area contributed by atoms with Crippen molar-refractivity contribution in [2.45, 2.75) is 19.4 Å². The smallest absolute Gasteiger partial charge is 0.256 e. The van der Waals surface area contributed by atoms with Crippen LogP contribution >= 0.6 is 0 Å². The van der Waals surface area contributed by atoms with E-state index in [1.165, 1.54) is 4.90 Å². The molecule has 118 valence electrons. The Morgan fingerprint density at radius 2 is 1.78 bits per heavy atom. The molecule has 0 saturated carbocycles. The van der Waals surface area contributed by atoms with Crippen molar-refractivity contribution in [3.8, 4) is 5.75 Å². The maximum Gasteiger partial charge on any atom is 0.256 e. The molecule has 1 atom stereocenters. The molecule has 1 aliphatic heterocycles. The zero-order valence-corrected chi connectivity index (χ0v) is 13.1. The minimum Gasteiger partial charge on any atom is -0.495 e. The number of rotatable bonds is 4. The molecule has 2 aromatic rings. The number of nitrogens with one attached hydrogen (secondary N) is 1. The summed E-state index contributed by atoms with van der Waals surface area (Å²) in [5.41, 5.74) is 2.39.